The molecule has 4 amide bonds. The summed E-state index contributed by atoms with van der Waals surface area (Å²) in [6.45, 7) is 0. The summed E-state index contributed by atoms with van der Waals surface area (Å²) in [5.74, 6) is -6.07. The number of imide groups is 2. The van der Waals surface area contributed by atoms with Gasteiger partial charge in [-0.25, -0.2) is 0 Å². The van der Waals surface area contributed by atoms with Crippen molar-refractivity contribution in [1.29, 1.82) is 0 Å². The number of phenolic OH excluding ortho intramolecular Hbond substituents is 1. The number of alkyl halides is 2. The molecule has 246 valence electrons. The van der Waals surface area contributed by atoms with E-state index in [1.165, 1.54) is 20.2 Å². The van der Waals surface area contributed by atoms with Gasteiger partial charge in [0, 0.05) is 28.6 Å². The molecule has 0 bridgehead atoms. The number of carbonyl (C=O) groups excluding carboxylic acids is 5. The SMILES string of the molecule is COc1cc([C@H]2C3=CC[C@@H]4C(=O)N(c5ccc(C(=O)c6ccccc6)cc5)C(=O)[C@@H]4[C@@H]3C[C@@]3(Cl)C(=O)N(C)C(=O)[C@@]23Cl)c(Br)c(Br)c1O. The number of fused-ring (bicyclic) bond motifs is 4. The summed E-state index contributed by atoms with van der Waals surface area (Å²) in [6.07, 6.45) is 1.83. The molecule has 0 spiro atoms. The molecule has 3 aromatic carbocycles. The van der Waals surface area contributed by atoms with E-state index in [0.29, 0.717) is 32.4 Å². The van der Waals surface area contributed by atoms with E-state index in [0.717, 1.165) is 9.80 Å². The summed E-state index contributed by atoms with van der Waals surface area (Å²) in [7, 11) is 2.69. The second-order valence-electron chi connectivity index (χ2n) is 12.4. The maximum atomic E-state index is 14.3. The van der Waals surface area contributed by atoms with Crippen LogP contribution in [0.25, 0.3) is 0 Å². The quantitative estimate of drug-likeness (QED) is 0.138. The summed E-state index contributed by atoms with van der Waals surface area (Å²) in [5, 5.41) is 10.7. The van der Waals surface area contributed by atoms with Crippen molar-refractivity contribution in [2.75, 3.05) is 19.1 Å². The summed E-state index contributed by atoms with van der Waals surface area (Å²) < 4.78 is 5.99. The van der Waals surface area contributed by atoms with Gasteiger partial charge in [0.25, 0.3) is 11.8 Å². The second-order valence-corrected chi connectivity index (χ2v) is 15.2. The second kappa shape index (κ2) is 11.5. The van der Waals surface area contributed by atoms with Crippen molar-refractivity contribution < 1.29 is 33.8 Å². The van der Waals surface area contributed by atoms with E-state index in [4.69, 9.17) is 27.9 Å². The number of amides is 4. The van der Waals surface area contributed by atoms with E-state index < -0.39 is 57.0 Å². The molecule has 2 heterocycles. The Hall–Kier alpha value is -3.51. The van der Waals surface area contributed by atoms with Crippen molar-refractivity contribution in [2.45, 2.75) is 28.5 Å². The van der Waals surface area contributed by atoms with E-state index >= 15 is 0 Å². The van der Waals surface area contributed by atoms with Crippen LogP contribution >= 0.6 is 55.1 Å². The molecule has 0 unspecified atom stereocenters. The standard InChI is InChI=1S/C35H26Br2Cl2N2O7/c1-40-32(46)34(38)15-22-19(25(35(34,39)33(40)47)21-14-23(48-2)29(43)27(37)26(21)36)12-13-20-24(22)31(45)41(30(20)44)18-10-8-17(9-11-18)28(42)16-6-4-3-5-7-16/h3-12,14,20,22,24-25,43H,13,15H2,1-2H3/t20-,22+,24-,25+,34+,35-/m0/s1. The van der Waals surface area contributed by atoms with Gasteiger partial charge < -0.3 is 9.84 Å². The lowest BCUT2D eigenvalue weighted by Gasteiger charge is -2.51. The molecule has 2 saturated heterocycles. The first-order valence-electron chi connectivity index (χ1n) is 15.0. The largest absolute Gasteiger partial charge is 0.503 e. The fraction of sp³-hybridized carbons (Fsp3) is 0.286. The van der Waals surface area contributed by atoms with Crippen molar-refractivity contribution >= 4 is 90.2 Å². The molecule has 3 aromatic rings. The molecular weight excluding hydrogens is 791 g/mol. The monoisotopic (exact) mass is 814 g/mol. The summed E-state index contributed by atoms with van der Waals surface area (Å²) in [5.41, 5.74) is 2.21. The van der Waals surface area contributed by atoms with Crippen LogP contribution in [0.1, 0.15) is 40.2 Å². The predicted molar refractivity (Wildman–Crippen MR) is 184 cm³/mol. The van der Waals surface area contributed by atoms with Gasteiger partial charge in [0.15, 0.2) is 27.0 Å². The van der Waals surface area contributed by atoms with Gasteiger partial charge in [0.05, 0.1) is 29.1 Å². The van der Waals surface area contributed by atoms with Gasteiger partial charge in [0.1, 0.15) is 0 Å². The number of hydrogen-bond donors (Lipinski definition) is 1. The minimum absolute atomic E-state index is 0.0783. The van der Waals surface area contributed by atoms with Crippen LogP contribution in [0.3, 0.4) is 0 Å². The number of aromatic hydroxyl groups is 1. The maximum absolute atomic E-state index is 14.3. The van der Waals surface area contributed by atoms with E-state index in [1.807, 2.05) is 12.1 Å². The normalized spacial score (nSPS) is 29.4. The third kappa shape index (κ3) is 4.36. The van der Waals surface area contributed by atoms with Crippen LogP contribution in [0.15, 0.2) is 81.3 Å². The number of methoxy groups -OCH3 is 1. The number of carbonyl (C=O) groups is 5. The Morgan fingerprint density at radius 3 is 2.21 bits per heavy atom. The molecule has 48 heavy (non-hydrogen) atoms. The number of phenols is 1. The first kappa shape index (κ1) is 33.0. The van der Waals surface area contributed by atoms with Gasteiger partial charge in [-0.05, 0) is 86.5 Å². The minimum atomic E-state index is -2.01. The van der Waals surface area contributed by atoms with Gasteiger partial charge in [-0.15, -0.1) is 23.2 Å². The number of ether oxygens (including phenoxy) is 1. The molecule has 2 aliphatic heterocycles. The molecule has 1 N–H and O–H groups in total. The van der Waals surface area contributed by atoms with Crippen LogP contribution in [-0.2, 0) is 19.2 Å². The maximum Gasteiger partial charge on any atom is 0.253 e. The smallest absolute Gasteiger partial charge is 0.253 e. The molecule has 0 aromatic heterocycles. The van der Waals surface area contributed by atoms with E-state index in [9.17, 15) is 29.1 Å². The highest BCUT2D eigenvalue weighted by molar-refractivity contribution is 9.13. The van der Waals surface area contributed by atoms with E-state index in [1.54, 1.807) is 48.5 Å². The van der Waals surface area contributed by atoms with Crippen molar-refractivity contribution in [1.82, 2.24) is 4.90 Å². The molecule has 4 aliphatic rings. The van der Waals surface area contributed by atoms with Crippen LogP contribution in [0.2, 0.25) is 0 Å². The van der Waals surface area contributed by atoms with Crippen LogP contribution in [0.5, 0.6) is 11.5 Å². The summed E-state index contributed by atoms with van der Waals surface area (Å²) in [6, 6.07) is 16.6. The van der Waals surface area contributed by atoms with Crippen molar-refractivity contribution in [3.05, 3.63) is 97.9 Å². The molecule has 6 atom stereocenters. The summed E-state index contributed by atoms with van der Waals surface area (Å²) in [4.78, 5) is 67.0. The highest BCUT2D eigenvalue weighted by atomic mass is 79.9. The number of nitrogens with zero attached hydrogens (tertiary/aromatic N) is 2. The number of ketones is 1. The predicted octanol–water partition coefficient (Wildman–Crippen LogP) is 6.35. The van der Waals surface area contributed by atoms with Gasteiger partial charge >= 0.3 is 0 Å². The van der Waals surface area contributed by atoms with Crippen LogP contribution < -0.4 is 9.64 Å². The average molecular weight is 817 g/mol. The number of halogens is 4. The lowest BCUT2D eigenvalue weighted by Crippen LogP contribution is -2.60. The molecule has 13 heteroatoms. The fourth-order valence-corrected chi connectivity index (χ4v) is 9.81. The zero-order valence-electron chi connectivity index (χ0n) is 25.4. The Balaban J connectivity index is 1.31. The van der Waals surface area contributed by atoms with Gasteiger partial charge in [0.2, 0.25) is 11.8 Å². The Bertz CT molecular complexity index is 1990. The Kier molecular flexibility index (Phi) is 7.94. The molecule has 1 saturated carbocycles. The fourth-order valence-electron chi connectivity index (χ4n) is 7.84. The Labute approximate surface area is 302 Å². The number of allylic oxidation sites excluding steroid dienone is 2. The van der Waals surface area contributed by atoms with E-state index in [-0.39, 0.29) is 34.6 Å². The highest BCUT2D eigenvalue weighted by Gasteiger charge is 2.76. The van der Waals surface area contributed by atoms with E-state index in [2.05, 4.69) is 31.9 Å². The van der Waals surface area contributed by atoms with Gasteiger partial charge in [-0.3, -0.25) is 33.8 Å². The van der Waals surface area contributed by atoms with Crippen LogP contribution in [0.4, 0.5) is 5.69 Å². The molecule has 0 radical (unpaired) electrons. The van der Waals surface area contributed by atoms with Crippen LogP contribution in [0, 0.1) is 17.8 Å². The molecule has 2 aliphatic carbocycles. The first-order chi connectivity index (χ1) is 22.8. The number of benzene rings is 3. The number of anilines is 1. The third-order valence-corrected chi connectivity index (χ3v) is 13.7. The summed E-state index contributed by atoms with van der Waals surface area (Å²) >= 11 is 21.5. The molecule has 7 rings (SSSR count). The van der Waals surface area contributed by atoms with Gasteiger partial charge in [-0.2, -0.15) is 0 Å². The molecule has 3 fully saturated rings. The van der Waals surface area contributed by atoms with Gasteiger partial charge in [-0.1, -0.05) is 42.0 Å². The third-order valence-electron chi connectivity index (χ3n) is 10.1. The van der Waals surface area contributed by atoms with Crippen LogP contribution in [-0.4, -0.2) is 63.3 Å². The van der Waals surface area contributed by atoms with Crippen molar-refractivity contribution in [2.24, 2.45) is 17.8 Å². The number of hydrogen-bond acceptors (Lipinski definition) is 7. The highest BCUT2D eigenvalue weighted by Crippen LogP contribution is 2.66. The minimum Gasteiger partial charge on any atom is -0.503 e. The Morgan fingerprint density at radius 1 is 0.917 bits per heavy atom. The first-order valence-corrected chi connectivity index (χ1v) is 17.3. The number of rotatable bonds is 5. The Morgan fingerprint density at radius 2 is 1.56 bits per heavy atom. The topological polar surface area (TPSA) is 121 Å². The molecule has 9 nitrogen and oxygen atoms in total. The lowest BCUT2D eigenvalue weighted by atomic mass is 9.56. The zero-order valence-corrected chi connectivity index (χ0v) is 30.1. The zero-order chi connectivity index (χ0) is 34.4. The lowest BCUT2D eigenvalue weighted by molar-refractivity contribution is -0.138. The van der Waals surface area contributed by atoms with Crippen molar-refractivity contribution in [3.8, 4) is 11.5 Å². The molecular formula is C35H26Br2Cl2N2O7. The number of likely N-dealkylation sites (tertiary alicyclic amines) is 1. The average Bonchev–Trinajstić information content (AvgIpc) is 3.42. The van der Waals surface area contributed by atoms with Crippen molar-refractivity contribution in [3.63, 3.8) is 0 Å².